The molecule has 0 bridgehead atoms. The SMILES string of the molecule is CC(=O)NC(C(=O)O)C1NC(C(=O)O)=C(CO)CS1. The first kappa shape index (κ1) is 15.3. The Hall–Kier alpha value is -1.74. The van der Waals surface area contributed by atoms with E-state index in [0.717, 1.165) is 11.8 Å². The number of carbonyl (C=O) groups is 3. The fourth-order valence-corrected chi connectivity index (χ4v) is 2.75. The van der Waals surface area contributed by atoms with Gasteiger partial charge in [-0.3, -0.25) is 4.79 Å². The molecule has 0 saturated heterocycles. The third kappa shape index (κ3) is 3.86. The van der Waals surface area contributed by atoms with Gasteiger partial charge in [-0.1, -0.05) is 0 Å². The van der Waals surface area contributed by atoms with Crippen molar-refractivity contribution in [3.05, 3.63) is 11.3 Å². The number of thioether (sulfide) groups is 1. The molecular formula is C10H14N2O6S. The van der Waals surface area contributed by atoms with Crippen molar-refractivity contribution >= 4 is 29.6 Å². The molecule has 0 aromatic carbocycles. The number of aliphatic carboxylic acids is 2. The van der Waals surface area contributed by atoms with Crippen LogP contribution in [-0.4, -0.2) is 56.9 Å². The molecule has 9 heteroatoms. The third-order valence-corrected chi connectivity index (χ3v) is 3.67. The first-order valence-electron chi connectivity index (χ1n) is 5.31. The lowest BCUT2D eigenvalue weighted by Crippen LogP contribution is -2.54. The second-order valence-corrected chi connectivity index (χ2v) is 4.96. The van der Waals surface area contributed by atoms with Gasteiger partial charge in [0.25, 0.3) is 0 Å². The summed E-state index contributed by atoms with van der Waals surface area (Å²) in [7, 11) is 0. The molecular weight excluding hydrogens is 276 g/mol. The average Bonchev–Trinajstić information content (AvgIpc) is 2.34. The Labute approximate surface area is 112 Å². The van der Waals surface area contributed by atoms with Crippen LogP contribution in [0, 0.1) is 0 Å². The lowest BCUT2D eigenvalue weighted by molar-refractivity contribution is -0.142. The maximum atomic E-state index is 11.1. The minimum Gasteiger partial charge on any atom is -0.480 e. The van der Waals surface area contributed by atoms with E-state index in [4.69, 9.17) is 15.3 Å². The zero-order valence-corrected chi connectivity index (χ0v) is 10.9. The topological polar surface area (TPSA) is 136 Å². The minimum atomic E-state index is -1.28. The molecule has 0 aliphatic carbocycles. The van der Waals surface area contributed by atoms with Crippen molar-refractivity contribution < 1.29 is 29.7 Å². The van der Waals surface area contributed by atoms with Crippen LogP contribution < -0.4 is 10.6 Å². The Balaban J connectivity index is 2.92. The van der Waals surface area contributed by atoms with E-state index in [-0.39, 0.29) is 17.0 Å². The smallest absolute Gasteiger partial charge is 0.352 e. The number of rotatable bonds is 5. The number of carboxylic acid groups (broad SMARTS) is 2. The van der Waals surface area contributed by atoms with Gasteiger partial charge in [0.15, 0.2) is 6.04 Å². The van der Waals surface area contributed by atoms with E-state index in [0.29, 0.717) is 0 Å². The first-order valence-corrected chi connectivity index (χ1v) is 6.36. The van der Waals surface area contributed by atoms with Crippen molar-refractivity contribution in [3.63, 3.8) is 0 Å². The van der Waals surface area contributed by atoms with Crippen molar-refractivity contribution in [2.75, 3.05) is 12.4 Å². The minimum absolute atomic E-state index is 0.180. The van der Waals surface area contributed by atoms with Crippen LogP contribution in [0.25, 0.3) is 0 Å². The van der Waals surface area contributed by atoms with E-state index in [1.54, 1.807) is 0 Å². The zero-order valence-electron chi connectivity index (χ0n) is 10.0. The molecule has 5 N–H and O–H groups in total. The lowest BCUT2D eigenvalue weighted by atomic mass is 10.2. The van der Waals surface area contributed by atoms with Crippen molar-refractivity contribution in [2.24, 2.45) is 0 Å². The lowest BCUT2D eigenvalue weighted by Gasteiger charge is -2.30. The van der Waals surface area contributed by atoms with Gasteiger partial charge in [0, 0.05) is 12.7 Å². The summed E-state index contributed by atoms with van der Waals surface area (Å²) in [6.07, 6.45) is 0. The highest BCUT2D eigenvalue weighted by Gasteiger charge is 2.34. The average molecular weight is 290 g/mol. The fourth-order valence-electron chi connectivity index (χ4n) is 1.55. The van der Waals surface area contributed by atoms with Gasteiger partial charge < -0.3 is 26.0 Å². The second-order valence-electron chi connectivity index (χ2n) is 3.83. The van der Waals surface area contributed by atoms with Gasteiger partial charge in [0.1, 0.15) is 11.1 Å². The summed E-state index contributed by atoms with van der Waals surface area (Å²) in [5.41, 5.74) is 0.0589. The van der Waals surface area contributed by atoms with Gasteiger partial charge in [-0.2, -0.15) is 0 Å². The molecule has 106 valence electrons. The standard InChI is InChI=1S/C10H14N2O6S/c1-4(14)11-7(10(17)18)8-12-6(9(15)16)5(2-13)3-19-8/h7-8,12-13H,2-3H2,1H3,(H,11,14)(H,15,16)(H,17,18). The molecule has 0 fully saturated rings. The van der Waals surface area contributed by atoms with Crippen LogP contribution in [0.2, 0.25) is 0 Å². The molecule has 0 saturated carbocycles. The molecule has 0 spiro atoms. The van der Waals surface area contributed by atoms with Gasteiger partial charge in [-0.05, 0) is 5.57 Å². The molecule has 2 atom stereocenters. The maximum Gasteiger partial charge on any atom is 0.352 e. The molecule has 2 unspecified atom stereocenters. The van der Waals surface area contributed by atoms with E-state index in [1.165, 1.54) is 6.92 Å². The summed E-state index contributed by atoms with van der Waals surface area (Å²) >= 11 is 1.11. The number of hydrogen-bond acceptors (Lipinski definition) is 6. The van der Waals surface area contributed by atoms with Crippen molar-refractivity contribution in [1.82, 2.24) is 10.6 Å². The van der Waals surface area contributed by atoms with E-state index >= 15 is 0 Å². The van der Waals surface area contributed by atoms with Crippen LogP contribution in [0.1, 0.15) is 6.92 Å². The predicted octanol–water partition coefficient (Wildman–Crippen LogP) is -1.43. The Morgan fingerprint density at radius 3 is 2.53 bits per heavy atom. The van der Waals surface area contributed by atoms with Crippen LogP contribution in [0.3, 0.4) is 0 Å². The predicted molar refractivity (Wildman–Crippen MR) is 66.4 cm³/mol. The van der Waals surface area contributed by atoms with Crippen LogP contribution in [-0.2, 0) is 14.4 Å². The summed E-state index contributed by atoms with van der Waals surface area (Å²) < 4.78 is 0. The number of aliphatic hydroxyl groups is 1. The Kier molecular flexibility index (Phi) is 5.19. The van der Waals surface area contributed by atoms with Gasteiger partial charge >= 0.3 is 11.9 Å². The monoisotopic (exact) mass is 290 g/mol. The summed E-state index contributed by atoms with van der Waals surface area (Å²) in [6.45, 7) is 0.753. The van der Waals surface area contributed by atoms with Crippen molar-refractivity contribution in [3.8, 4) is 0 Å². The van der Waals surface area contributed by atoms with E-state index in [9.17, 15) is 14.4 Å². The van der Waals surface area contributed by atoms with Gasteiger partial charge in [0.05, 0.1) is 6.61 Å². The molecule has 0 aromatic rings. The number of nitrogens with one attached hydrogen (secondary N) is 2. The number of aliphatic hydroxyl groups excluding tert-OH is 1. The third-order valence-electron chi connectivity index (χ3n) is 2.41. The van der Waals surface area contributed by atoms with Gasteiger partial charge in [-0.15, -0.1) is 11.8 Å². The molecule has 1 heterocycles. The van der Waals surface area contributed by atoms with Crippen LogP contribution in [0.15, 0.2) is 11.3 Å². The number of hydrogen-bond donors (Lipinski definition) is 5. The molecule has 0 radical (unpaired) electrons. The zero-order chi connectivity index (χ0) is 14.6. The summed E-state index contributed by atoms with van der Waals surface area (Å²) in [4.78, 5) is 33.0. The fraction of sp³-hybridized carbons (Fsp3) is 0.500. The highest BCUT2D eigenvalue weighted by molar-refractivity contribution is 8.00. The van der Waals surface area contributed by atoms with Crippen molar-refractivity contribution in [2.45, 2.75) is 18.3 Å². The summed E-state index contributed by atoms with van der Waals surface area (Å²) in [5.74, 6) is -2.89. The molecule has 1 rings (SSSR count). The quantitative estimate of drug-likeness (QED) is 0.416. The van der Waals surface area contributed by atoms with E-state index in [1.807, 2.05) is 0 Å². The Morgan fingerprint density at radius 2 is 2.11 bits per heavy atom. The molecule has 8 nitrogen and oxygen atoms in total. The molecule has 0 aromatic heterocycles. The van der Waals surface area contributed by atoms with Gasteiger partial charge in [0.2, 0.25) is 5.91 Å². The van der Waals surface area contributed by atoms with Crippen LogP contribution in [0.4, 0.5) is 0 Å². The first-order chi connectivity index (χ1) is 8.86. The van der Waals surface area contributed by atoms with E-state index < -0.39 is 35.9 Å². The van der Waals surface area contributed by atoms with Gasteiger partial charge in [-0.25, -0.2) is 9.59 Å². The summed E-state index contributed by atoms with van der Waals surface area (Å²) in [6, 6.07) is -1.25. The second kappa shape index (κ2) is 6.43. The number of carboxylic acids is 2. The Morgan fingerprint density at radius 1 is 1.47 bits per heavy atom. The normalized spacial score (nSPS) is 20.4. The molecule has 1 aliphatic heterocycles. The number of amides is 1. The van der Waals surface area contributed by atoms with Crippen LogP contribution >= 0.6 is 11.8 Å². The summed E-state index contributed by atoms with van der Waals surface area (Å²) in [5, 5.41) is 31.0. The maximum absolute atomic E-state index is 11.1. The molecule has 19 heavy (non-hydrogen) atoms. The van der Waals surface area contributed by atoms with E-state index in [2.05, 4.69) is 10.6 Å². The number of carbonyl (C=O) groups excluding carboxylic acids is 1. The largest absolute Gasteiger partial charge is 0.480 e. The van der Waals surface area contributed by atoms with Crippen molar-refractivity contribution in [1.29, 1.82) is 0 Å². The highest BCUT2D eigenvalue weighted by Crippen LogP contribution is 2.24. The highest BCUT2D eigenvalue weighted by atomic mass is 32.2. The molecule has 1 aliphatic rings. The van der Waals surface area contributed by atoms with Crippen LogP contribution in [0.5, 0.6) is 0 Å². The molecule has 1 amide bonds. The Bertz CT molecular complexity index is 436.